The zero-order valence-electron chi connectivity index (χ0n) is 10.7. The van der Waals surface area contributed by atoms with Crippen LogP contribution in [-0.4, -0.2) is 16.0 Å². The van der Waals surface area contributed by atoms with Crippen molar-refractivity contribution in [3.63, 3.8) is 0 Å². The second-order valence-corrected chi connectivity index (χ2v) is 4.28. The van der Waals surface area contributed by atoms with Gasteiger partial charge in [0.2, 0.25) is 0 Å². The summed E-state index contributed by atoms with van der Waals surface area (Å²) >= 11 is 0. The van der Waals surface area contributed by atoms with Gasteiger partial charge in [0.05, 0.1) is 16.2 Å². The Morgan fingerprint density at radius 2 is 2.05 bits per heavy atom. The third kappa shape index (κ3) is 3.53. The molecule has 0 aromatic heterocycles. The van der Waals surface area contributed by atoms with Gasteiger partial charge in [-0.25, -0.2) is 9.18 Å². The molecule has 0 aliphatic rings. The Labute approximate surface area is 119 Å². The lowest BCUT2D eigenvalue weighted by Crippen LogP contribution is -2.04. The summed E-state index contributed by atoms with van der Waals surface area (Å²) in [7, 11) is 0. The summed E-state index contributed by atoms with van der Waals surface area (Å²) in [5.41, 5.74) is 0.557. The Balaban J connectivity index is 2.11. The summed E-state index contributed by atoms with van der Waals surface area (Å²) in [4.78, 5) is 20.8. The molecule has 2 rings (SSSR count). The lowest BCUT2D eigenvalue weighted by atomic mass is 10.1. The average Bonchev–Trinajstić information content (AvgIpc) is 2.46. The van der Waals surface area contributed by atoms with Gasteiger partial charge in [-0.3, -0.25) is 10.1 Å². The van der Waals surface area contributed by atoms with E-state index in [1.807, 2.05) is 0 Å². The second kappa shape index (κ2) is 6.00. The first-order valence-electron chi connectivity index (χ1n) is 5.97. The number of non-ortho nitro benzene ring substituents is 1. The molecule has 0 atom stereocenters. The number of hydrogen-bond acceptors (Lipinski definition) is 4. The molecule has 6 nitrogen and oxygen atoms in total. The molecular formula is C14H11FN2O4. The molecule has 0 heterocycles. The number of aromatic carboxylic acids is 1. The zero-order chi connectivity index (χ0) is 15.4. The Morgan fingerprint density at radius 1 is 1.29 bits per heavy atom. The maximum absolute atomic E-state index is 13.7. The Kier molecular flexibility index (Phi) is 4.13. The van der Waals surface area contributed by atoms with E-state index >= 15 is 0 Å². The van der Waals surface area contributed by atoms with Crippen LogP contribution < -0.4 is 5.32 Å². The SMILES string of the molecule is O=C(O)c1ccc(NCc2cccc([N+](=O)[O-])c2)c(F)c1. The molecule has 0 radical (unpaired) electrons. The van der Waals surface area contributed by atoms with Crippen molar-refractivity contribution in [2.24, 2.45) is 0 Å². The van der Waals surface area contributed by atoms with Crippen molar-refractivity contribution in [1.29, 1.82) is 0 Å². The Morgan fingerprint density at radius 3 is 2.67 bits per heavy atom. The highest BCUT2D eigenvalue weighted by Crippen LogP contribution is 2.18. The van der Waals surface area contributed by atoms with Crippen molar-refractivity contribution in [1.82, 2.24) is 0 Å². The standard InChI is InChI=1S/C14H11FN2O4/c15-12-7-10(14(18)19)4-5-13(12)16-8-9-2-1-3-11(6-9)17(20)21/h1-7,16H,8H2,(H,18,19). The van der Waals surface area contributed by atoms with Crippen molar-refractivity contribution in [3.05, 3.63) is 69.5 Å². The molecule has 0 unspecified atom stereocenters. The molecule has 7 heteroatoms. The van der Waals surface area contributed by atoms with E-state index in [2.05, 4.69) is 5.32 Å². The number of halogens is 1. The minimum atomic E-state index is -1.21. The maximum Gasteiger partial charge on any atom is 0.335 e. The first-order valence-corrected chi connectivity index (χ1v) is 5.97. The lowest BCUT2D eigenvalue weighted by Gasteiger charge is -2.08. The second-order valence-electron chi connectivity index (χ2n) is 4.28. The van der Waals surface area contributed by atoms with Crippen LogP contribution in [0.25, 0.3) is 0 Å². The van der Waals surface area contributed by atoms with Crippen LogP contribution in [0.15, 0.2) is 42.5 Å². The fourth-order valence-electron chi connectivity index (χ4n) is 1.77. The molecule has 0 fully saturated rings. The van der Waals surface area contributed by atoms with Gasteiger partial charge in [0.15, 0.2) is 0 Å². The minimum Gasteiger partial charge on any atom is -0.478 e. The highest BCUT2D eigenvalue weighted by molar-refractivity contribution is 5.88. The van der Waals surface area contributed by atoms with E-state index in [1.54, 1.807) is 12.1 Å². The number of carbonyl (C=O) groups is 1. The summed E-state index contributed by atoms with van der Waals surface area (Å²) in [6.07, 6.45) is 0. The molecule has 0 bridgehead atoms. The van der Waals surface area contributed by atoms with Crippen molar-refractivity contribution in [2.75, 3.05) is 5.32 Å². The number of nitro groups is 1. The van der Waals surface area contributed by atoms with Crippen LogP contribution in [0.5, 0.6) is 0 Å². The minimum absolute atomic E-state index is 0.0454. The summed E-state index contributed by atoms with van der Waals surface area (Å²) in [5.74, 6) is -1.90. The van der Waals surface area contributed by atoms with E-state index in [-0.39, 0.29) is 23.5 Å². The number of rotatable bonds is 5. The van der Waals surface area contributed by atoms with Crippen LogP contribution in [-0.2, 0) is 6.54 Å². The number of nitrogens with one attached hydrogen (secondary N) is 1. The maximum atomic E-state index is 13.7. The van der Waals surface area contributed by atoms with Crippen LogP contribution in [0.1, 0.15) is 15.9 Å². The molecule has 0 saturated carbocycles. The van der Waals surface area contributed by atoms with Crippen LogP contribution in [0.2, 0.25) is 0 Å². The van der Waals surface area contributed by atoms with Gasteiger partial charge in [0.25, 0.3) is 5.69 Å². The predicted octanol–water partition coefficient (Wildman–Crippen LogP) is 3.04. The van der Waals surface area contributed by atoms with Gasteiger partial charge in [-0.05, 0) is 23.8 Å². The van der Waals surface area contributed by atoms with E-state index in [9.17, 15) is 19.3 Å². The molecule has 2 aromatic rings. The van der Waals surface area contributed by atoms with Crippen LogP contribution in [0.4, 0.5) is 15.8 Å². The van der Waals surface area contributed by atoms with E-state index in [4.69, 9.17) is 5.11 Å². The van der Waals surface area contributed by atoms with Gasteiger partial charge in [-0.15, -0.1) is 0 Å². The summed E-state index contributed by atoms with van der Waals surface area (Å²) in [5, 5.41) is 22.2. The van der Waals surface area contributed by atoms with Gasteiger partial charge in [-0.1, -0.05) is 12.1 Å². The Bertz CT molecular complexity index is 703. The predicted molar refractivity (Wildman–Crippen MR) is 73.8 cm³/mol. The normalized spacial score (nSPS) is 10.1. The van der Waals surface area contributed by atoms with Crippen LogP contribution in [0, 0.1) is 15.9 Å². The Hall–Kier alpha value is -2.96. The monoisotopic (exact) mass is 290 g/mol. The fraction of sp³-hybridized carbons (Fsp3) is 0.0714. The van der Waals surface area contributed by atoms with Crippen molar-refractivity contribution in [2.45, 2.75) is 6.54 Å². The topological polar surface area (TPSA) is 92.5 Å². The molecule has 2 N–H and O–H groups in total. The molecule has 2 aromatic carbocycles. The molecule has 0 aliphatic heterocycles. The molecular weight excluding hydrogens is 279 g/mol. The van der Waals surface area contributed by atoms with E-state index in [0.717, 1.165) is 6.07 Å². The number of benzene rings is 2. The number of hydrogen-bond donors (Lipinski definition) is 2. The van der Waals surface area contributed by atoms with E-state index in [0.29, 0.717) is 5.56 Å². The lowest BCUT2D eigenvalue weighted by molar-refractivity contribution is -0.384. The molecule has 0 spiro atoms. The van der Waals surface area contributed by atoms with Crippen molar-refractivity contribution < 1.29 is 19.2 Å². The number of carboxylic acids is 1. The van der Waals surface area contributed by atoms with Crippen molar-refractivity contribution in [3.8, 4) is 0 Å². The quantitative estimate of drug-likeness (QED) is 0.652. The van der Waals surface area contributed by atoms with Gasteiger partial charge in [0.1, 0.15) is 5.82 Å². The molecule has 21 heavy (non-hydrogen) atoms. The highest BCUT2D eigenvalue weighted by atomic mass is 19.1. The van der Waals surface area contributed by atoms with Gasteiger partial charge in [-0.2, -0.15) is 0 Å². The fourth-order valence-corrected chi connectivity index (χ4v) is 1.77. The van der Waals surface area contributed by atoms with Crippen LogP contribution >= 0.6 is 0 Å². The smallest absolute Gasteiger partial charge is 0.335 e. The number of nitro benzene ring substituents is 1. The molecule has 0 amide bonds. The highest BCUT2D eigenvalue weighted by Gasteiger charge is 2.09. The van der Waals surface area contributed by atoms with Gasteiger partial charge >= 0.3 is 5.97 Å². The third-order valence-electron chi connectivity index (χ3n) is 2.82. The first-order chi connectivity index (χ1) is 9.97. The average molecular weight is 290 g/mol. The van der Waals surface area contributed by atoms with Gasteiger partial charge in [0, 0.05) is 18.7 Å². The summed E-state index contributed by atoms with van der Waals surface area (Å²) in [6.45, 7) is 0.186. The number of anilines is 1. The number of nitrogens with zero attached hydrogens (tertiary/aromatic N) is 1. The zero-order valence-corrected chi connectivity index (χ0v) is 10.7. The van der Waals surface area contributed by atoms with E-state index in [1.165, 1.54) is 24.3 Å². The van der Waals surface area contributed by atoms with Crippen LogP contribution in [0.3, 0.4) is 0 Å². The molecule has 108 valence electrons. The molecule has 0 aliphatic carbocycles. The van der Waals surface area contributed by atoms with E-state index < -0.39 is 16.7 Å². The summed E-state index contributed by atoms with van der Waals surface area (Å²) < 4.78 is 13.7. The molecule has 0 saturated heterocycles. The number of carboxylic acid groups (broad SMARTS) is 1. The first kappa shape index (κ1) is 14.4. The van der Waals surface area contributed by atoms with Crippen molar-refractivity contribution >= 4 is 17.3 Å². The van der Waals surface area contributed by atoms with Gasteiger partial charge < -0.3 is 10.4 Å². The third-order valence-corrected chi connectivity index (χ3v) is 2.82. The largest absolute Gasteiger partial charge is 0.478 e. The summed E-state index contributed by atoms with van der Waals surface area (Å²) in [6, 6.07) is 9.47.